The summed E-state index contributed by atoms with van der Waals surface area (Å²) in [5.41, 5.74) is 0.0184. The molecule has 1 aliphatic heterocycles. The quantitative estimate of drug-likeness (QED) is 0.804. The SMILES string of the molecule is [C-]#[N+][C@@H]1CN(C(=O)OC(C)(C)C)C[C@@H]1c1cc[nH]c(=O)c1. The fourth-order valence-corrected chi connectivity index (χ4v) is 2.41. The molecule has 0 saturated carbocycles. The van der Waals surface area contributed by atoms with Crippen LogP contribution in [0, 0.1) is 6.57 Å². The van der Waals surface area contributed by atoms with Gasteiger partial charge in [0.2, 0.25) is 11.6 Å². The van der Waals surface area contributed by atoms with Crippen molar-refractivity contribution in [2.75, 3.05) is 13.1 Å². The molecular formula is C15H19N3O3. The fourth-order valence-electron chi connectivity index (χ4n) is 2.41. The molecule has 2 heterocycles. The van der Waals surface area contributed by atoms with Crippen LogP contribution in [0.5, 0.6) is 0 Å². The minimum absolute atomic E-state index is 0.155. The minimum Gasteiger partial charge on any atom is -0.444 e. The summed E-state index contributed by atoms with van der Waals surface area (Å²) in [6, 6.07) is 2.92. The van der Waals surface area contributed by atoms with Gasteiger partial charge < -0.3 is 14.6 Å². The fraction of sp³-hybridized carbons (Fsp3) is 0.533. The Morgan fingerprint density at radius 1 is 1.48 bits per heavy atom. The summed E-state index contributed by atoms with van der Waals surface area (Å²) in [6.07, 6.45) is 1.15. The van der Waals surface area contributed by atoms with Gasteiger partial charge in [0.25, 0.3) is 0 Å². The Hall–Kier alpha value is -2.29. The third kappa shape index (κ3) is 3.63. The smallest absolute Gasteiger partial charge is 0.410 e. The third-order valence-corrected chi connectivity index (χ3v) is 3.33. The van der Waals surface area contributed by atoms with Gasteiger partial charge in [-0.25, -0.2) is 11.4 Å². The van der Waals surface area contributed by atoms with E-state index in [1.807, 2.05) is 20.8 Å². The normalized spacial score (nSPS) is 21.9. The van der Waals surface area contributed by atoms with E-state index < -0.39 is 11.7 Å². The van der Waals surface area contributed by atoms with Gasteiger partial charge in [-0.3, -0.25) is 9.69 Å². The Morgan fingerprint density at radius 3 is 2.76 bits per heavy atom. The molecule has 1 aliphatic rings. The zero-order valence-corrected chi connectivity index (χ0v) is 12.4. The van der Waals surface area contributed by atoms with Gasteiger partial charge in [0.05, 0.1) is 12.5 Å². The molecular weight excluding hydrogens is 270 g/mol. The van der Waals surface area contributed by atoms with E-state index in [2.05, 4.69) is 9.83 Å². The number of hydrogen-bond donors (Lipinski definition) is 1. The molecule has 1 aromatic heterocycles. The number of carbonyl (C=O) groups excluding carboxylic acids is 1. The number of carbonyl (C=O) groups is 1. The lowest BCUT2D eigenvalue weighted by Gasteiger charge is -2.23. The molecule has 0 bridgehead atoms. The Bertz CT molecular complexity index is 624. The van der Waals surface area contributed by atoms with Crippen LogP contribution in [0.4, 0.5) is 4.79 Å². The molecule has 2 atom stereocenters. The largest absolute Gasteiger partial charge is 0.444 e. The molecule has 0 unspecified atom stereocenters. The van der Waals surface area contributed by atoms with Crippen LogP contribution in [0.15, 0.2) is 23.1 Å². The van der Waals surface area contributed by atoms with Crippen LogP contribution in [0.3, 0.4) is 0 Å². The molecule has 1 saturated heterocycles. The van der Waals surface area contributed by atoms with Crippen LogP contribution in [0.2, 0.25) is 0 Å². The maximum absolute atomic E-state index is 12.1. The Kier molecular flexibility index (Phi) is 4.03. The monoisotopic (exact) mass is 289 g/mol. The summed E-state index contributed by atoms with van der Waals surface area (Å²) in [7, 11) is 0. The number of pyridine rings is 1. The van der Waals surface area contributed by atoms with Crippen LogP contribution in [0.25, 0.3) is 4.85 Å². The van der Waals surface area contributed by atoms with E-state index >= 15 is 0 Å². The summed E-state index contributed by atoms with van der Waals surface area (Å²) in [4.78, 5) is 31.2. The van der Waals surface area contributed by atoms with Gasteiger partial charge in [-0.2, -0.15) is 0 Å². The van der Waals surface area contributed by atoms with Gasteiger partial charge in [0.15, 0.2) is 0 Å². The molecule has 0 aliphatic carbocycles. The number of amides is 1. The minimum atomic E-state index is -0.563. The number of ether oxygens (including phenoxy) is 1. The van der Waals surface area contributed by atoms with Crippen molar-refractivity contribution in [2.45, 2.75) is 38.3 Å². The molecule has 6 heteroatoms. The van der Waals surface area contributed by atoms with E-state index in [9.17, 15) is 9.59 Å². The highest BCUT2D eigenvalue weighted by Gasteiger charge is 2.42. The van der Waals surface area contributed by atoms with E-state index in [0.717, 1.165) is 5.56 Å². The average molecular weight is 289 g/mol. The van der Waals surface area contributed by atoms with E-state index in [1.165, 1.54) is 6.07 Å². The van der Waals surface area contributed by atoms with Gasteiger partial charge >= 0.3 is 6.09 Å². The predicted octanol–water partition coefficient (Wildman–Crippen LogP) is 2.00. The van der Waals surface area contributed by atoms with Crippen LogP contribution < -0.4 is 5.56 Å². The highest BCUT2D eigenvalue weighted by Crippen LogP contribution is 2.30. The van der Waals surface area contributed by atoms with Crippen molar-refractivity contribution in [3.05, 3.63) is 45.7 Å². The second-order valence-corrected chi connectivity index (χ2v) is 6.17. The molecule has 1 fully saturated rings. The molecule has 1 N–H and O–H groups in total. The van der Waals surface area contributed by atoms with E-state index in [4.69, 9.17) is 11.3 Å². The van der Waals surface area contributed by atoms with E-state index in [0.29, 0.717) is 13.1 Å². The van der Waals surface area contributed by atoms with E-state index in [1.54, 1.807) is 17.2 Å². The maximum atomic E-state index is 12.1. The Morgan fingerprint density at radius 2 is 2.19 bits per heavy atom. The molecule has 1 amide bonds. The molecule has 0 radical (unpaired) electrons. The maximum Gasteiger partial charge on any atom is 0.410 e. The van der Waals surface area contributed by atoms with E-state index in [-0.39, 0.29) is 17.5 Å². The van der Waals surface area contributed by atoms with Crippen molar-refractivity contribution in [3.63, 3.8) is 0 Å². The van der Waals surface area contributed by atoms with Gasteiger partial charge in [-0.15, -0.1) is 0 Å². The van der Waals surface area contributed by atoms with Crippen molar-refractivity contribution < 1.29 is 9.53 Å². The first-order chi connectivity index (χ1) is 9.80. The van der Waals surface area contributed by atoms with Crippen molar-refractivity contribution in [1.29, 1.82) is 0 Å². The Balaban J connectivity index is 2.17. The lowest BCUT2D eigenvalue weighted by Crippen LogP contribution is -2.35. The van der Waals surface area contributed by atoms with Crippen molar-refractivity contribution in [1.82, 2.24) is 9.88 Å². The number of likely N-dealkylation sites (tertiary alicyclic amines) is 1. The first-order valence-corrected chi connectivity index (χ1v) is 6.83. The van der Waals surface area contributed by atoms with Crippen molar-refractivity contribution >= 4 is 6.09 Å². The van der Waals surface area contributed by atoms with Gasteiger partial charge in [0.1, 0.15) is 5.60 Å². The number of aromatic nitrogens is 1. The number of H-pyrrole nitrogens is 1. The highest BCUT2D eigenvalue weighted by atomic mass is 16.6. The lowest BCUT2D eigenvalue weighted by atomic mass is 9.96. The number of hydrogen-bond acceptors (Lipinski definition) is 3. The summed E-state index contributed by atoms with van der Waals surface area (Å²) in [6.45, 7) is 13.4. The number of rotatable bonds is 1. The highest BCUT2D eigenvalue weighted by molar-refractivity contribution is 5.69. The predicted molar refractivity (Wildman–Crippen MR) is 78.0 cm³/mol. The summed E-state index contributed by atoms with van der Waals surface area (Å²) < 4.78 is 5.34. The van der Waals surface area contributed by atoms with Gasteiger partial charge in [-0.05, 0) is 32.4 Å². The topological polar surface area (TPSA) is 66.8 Å². The zero-order chi connectivity index (χ0) is 15.6. The van der Waals surface area contributed by atoms with Crippen molar-refractivity contribution in [2.24, 2.45) is 0 Å². The van der Waals surface area contributed by atoms with Crippen LogP contribution in [-0.4, -0.2) is 40.7 Å². The molecule has 2 rings (SSSR count). The summed E-state index contributed by atoms with van der Waals surface area (Å²) in [5.74, 6) is -0.155. The zero-order valence-electron chi connectivity index (χ0n) is 12.4. The summed E-state index contributed by atoms with van der Waals surface area (Å²) in [5, 5.41) is 0. The molecule has 0 aromatic carbocycles. The van der Waals surface area contributed by atoms with Crippen LogP contribution in [-0.2, 0) is 4.74 Å². The van der Waals surface area contributed by atoms with Gasteiger partial charge in [0, 0.05) is 18.8 Å². The van der Waals surface area contributed by atoms with Gasteiger partial charge in [-0.1, -0.05) is 0 Å². The first-order valence-electron chi connectivity index (χ1n) is 6.83. The second kappa shape index (κ2) is 5.60. The Labute approximate surface area is 123 Å². The number of aromatic amines is 1. The average Bonchev–Trinajstić information content (AvgIpc) is 2.81. The second-order valence-electron chi connectivity index (χ2n) is 6.17. The number of nitrogens with zero attached hydrogens (tertiary/aromatic N) is 2. The summed E-state index contributed by atoms with van der Waals surface area (Å²) >= 11 is 0. The molecule has 112 valence electrons. The molecule has 0 spiro atoms. The van der Waals surface area contributed by atoms with Crippen LogP contribution >= 0.6 is 0 Å². The molecule has 6 nitrogen and oxygen atoms in total. The van der Waals surface area contributed by atoms with Crippen LogP contribution in [0.1, 0.15) is 32.3 Å². The van der Waals surface area contributed by atoms with Crippen molar-refractivity contribution in [3.8, 4) is 0 Å². The lowest BCUT2D eigenvalue weighted by molar-refractivity contribution is 0.0292. The third-order valence-electron chi connectivity index (χ3n) is 3.33. The molecule has 1 aromatic rings. The standard InChI is InChI=1S/C15H19N3O3/c1-15(2,3)21-14(20)18-8-11(12(9-18)16-4)10-5-6-17-13(19)7-10/h5-7,11-12H,8-9H2,1-3H3,(H,17,19)/t11-,12-/m1/s1. The first kappa shape index (κ1) is 15.1. The molecule has 21 heavy (non-hydrogen) atoms. The number of nitrogens with one attached hydrogen (secondary N) is 1.